The Balaban J connectivity index is 3.05. The minimum absolute atomic E-state index is 0.0426. The van der Waals surface area contributed by atoms with Gasteiger partial charge >= 0.3 is 0 Å². The zero-order chi connectivity index (χ0) is 14.6. The molecule has 0 aromatic carbocycles. The molecule has 0 aliphatic heterocycles. The minimum atomic E-state index is -0.277. The van der Waals surface area contributed by atoms with E-state index in [9.17, 15) is 4.79 Å². The number of anilines is 1. The lowest BCUT2D eigenvalue weighted by Gasteiger charge is -2.25. The Kier molecular flexibility index (Phi) is 5.11. The molecule has 0 saturated heterocycles. The van der Waals surface area contributed by atoms with Gasteiger partial charge in [0.25, 0.3) is 5.56 Å². The Morgan fingerprint density at radius 3 is 2.53 bits per heavy atom. The quantitative estimate of drug-likeness (QED) is 0.854. The summed E-state index contributed by atoms with van der Waals surface area (Å²) >= 11 is 0. The molecule has 1 aromatic rings. The number of aromatic nitrogens is 2. The van der Waals surface area contributed by atoms with Crippen molar-refractivity contribution in [3.8, 4) is 0 Å². The smallest absolute Gasteiger partial charge is 0.293 e. The van der Waals surface area contributed by atoms with Gasteiger partial charge in [-0.1, -0.05) is 13.8 Å². The fourth-order valence-electron chi connectivity index (χ4n) is 1.93. The highest BCUT2D eigenvalue weighted by Crippen LogP contribution is 2.13. The first-order valence-electron chi connectivity index (χ1n) is 6.73. The normalized spacial score (nSPS) is 13.6. The van der Waals surface area contributed by atoms with Crippen LogP contribution in [0, 0.1) is 5.92 Å². The average Bonchev–Trinajstić information content (AvgIpc) is 2.29. The summed E-state index contributed by atoms with van der Waals surface area (Å²) < 4.78 is 1.67. The molecule has 1 unspecified atom stereocenters. The van der Waals surface area contributed by atoms with Crippen molar-refractivity contribution in [2.24, 2.45) is 5.92 Å². The molecule has 0 aliphatic rings. The molecule has 0 bridgehead atoms. The maximum atomic E-state index is 12.4. The third kappa shape index (κ3) is 4.06. The highest BCUT2D eigenvalue weighted by Gasteiger charge is 2.19. The number of hydrogen-bond acceptors (Lipinski definition) is 4. The van der Waals surface area contributed by atoms with Gasteiger partial charge in [-0.15, -0.1) is 0 Å². The predicted molar refractivity (Wildman–Crippen MR) is 77.4 cm³/mol. The zero-order valence-corrected chi connectivity index (χ0v) is 12.5. The molecule has 0 fully saturated rings. The van der Waals surface area contributed by atoms with E-state index in [1.165, 1.54) is 0 Å². The van der Waals surface area contributed by atoms with Crippen LogP contribution >= 0.6 is 0 Å². The topological polar surface area (TPSA) is 67.2 Å². The van der Waals surface area contributed by atoms with E-state index in [2.05, 4.69) is 24.1 Å². The molecule has 0 spiro atoms. The zero-order valence-electron chi connectivity index (χ0n) is 12.5. The van der Waals surface area contributed by atoms with Gasteiger partial charge in [-0.2, -0.15) is 0 Å². The summed E-state index contributed by atoms with van der Waals surface area (Å²) in [5.74, 6) is 0.668. The first-order chi connectivity index (χ1) is 8.77. The van der Waals surface area contributed by atoms with E-state index in [0.717, 1.165) is 0 Å². The first-order valence-corrected chi connectivity index (χ1v) is 6.73. The molecule has 1 aromatic heterocycles. The lowest BCUT2D eigenvalue weighted by atomic mass is 10.0. The van der Waals surface area contributed by atoms with E-state index in [1.807, 2.05) is 20.8 Å². The van der Waals surface area contributed by atoms with Gasteiger partial charge in [0, 0.05) is 30.6 Å². The molecule has 2 N–H and O–H groups in total. The Hall–Kier alpha value is -1.36. The highest BCUT2D eigenvalue weighted by atomic mass is 16.3. The van der Waals surface area contributed by atoms with Crippen LogP contribution in [0.25, 0.3) is 0 Å². The van der Waals surface area contributed by atoms with Crippen molar-refractivity contribution in [1.29, 1.82) is 0 Å². The Morgan fingerprint density at radius 1 is 1.42 bits per heavy atom. The SMILES string of the molecule is CC(C)C(CCO)Nc1nccn(C(C)(C)C)c1=O. The van der Waals surface area contributed by atoms with Gasteiger partial charge in [-0.25, -0.2) is 4.98 Å². The molecular weight excluding hydrogens is 242 g/mol. The summed E-state index contributed by atoms with van der Waals surface area (Å²) in [6.45, 7) is 10.1. The number of rotatable bonds is 5. The van der Waals surface area contributed by atoms with Crippen LogP contribution in [0.5, 0.6) is 0 Å². The summed E-state index contributed by atoms with van der Waals surface area (Å²) in [5.41, 5.74) is -0.403. The molecule has 5 nitrogen and oxygen atoms in total. The van der Waals surface area contributed by atoms with Gasteiger partial charge in [-0.05, 0) is 33.1 Å². The molecule has 1 rings (SSSR count). The summed E-state index contributed by atoms with van der Waals surface area (Å²) in [6.07, 6.45) is 3.93. The average molecular weight is 267 g/mol. The van der Waals surface area contributed by atoms with Crippen LogP contribution in [0.1, 0.15) is 41.0 Å². The second-order valence-corrected chi connectivity index (χ2v) is 6.13. The van der Waals surface area contributed by atoms with Gasteiger partial charge in [0.05, 0.1) is 0 Å². The van der Waals surface area contributed by atoms with Crippen LogP contribution in [0.3, 0.4) is 0 Å². The number of aliphatic hydroxyl groups excluding tert-OH is 1. The maximum absolute atomic E-state index is 12.4. The number of nitrogens with zero attached hydrogens (tertiary/aromatic N) is 2. The van der Waals surface area contributed by atoms with E-state index in [4.69, 9.17) is 5.11 Å². The van der Waals surface area contributed by atoms with E-state index < -0.39 is 0 Å². The van der Waals surface area contributed by atoms with E-state index in [-0.39, 0.29) is 23.7 Å². The fourth-order valence-corrected chi connectivity index (χ4v) is 1.93. The predicted octanol–water partition coefficient (Wildman–Crippen LogP) is 1.82. The second kappa shape index (κ2) is 6.19. The number of nitrogens with one attached hydrogen (secondary N) is 1. The summed E-state index contributed by atoms with van der Waals surface area (Å²) in [4.78, 5) is 16.5. The lowest BCUT2D eigenvalue weighted by molar-refractivity contribution is 0.267. The lowest BCUT2D eigenvalue weighted by Crippen LogP contribution is -2.37. The van der Waals surface area contributed by atoms with Crippen molar-refractivity contribution in [2.45, 2.75) is 52.6 Å². The molecular formula is C14H25N3O2. The standard InChI is InChI=1S/C14H25N3O2/c1-10(2)11(6-9-18)16-12-13(19)17(8-7-15-12)14(3,4)5/h7-8,10-11,18H,6,9H2,1-5H3,(H,15,16). The van der Waals surface area contributed by atoms with E-state index in [0.29, 0.717) is 18.2 Å². The van der Waals surface area contributed by atoms with Crippen molar-refractivity contribution in [1.82, 2.24) is 9.55 Å². The van der Waals surface area contributed by atoms with Crippen molar-refractivity contribution < 1.29 is 5.11 Å². The second-order valence-electron chi connectivity index (χ2n) is 6.13. The third-order valence-electron chi connectivity index (χ3n) is 3.13. The summed E-state index contributed by atoms with van der Waals surface area (Å²) in [7, 11) is 0. The highest BCUT2D eigenvalue weighted by molar-refractivity contribution is 5.32. The summed E-state index contributed by atoms with van der Waals surface area (Å²) in [6, 6.07) is 0.0426. The van der Waals surface area contributed by atoms with E-state index >= 15 is 0 Å². The van der Waals surface area contributed by atoms with Gasteiger partial charge in [0.1, 0.15) is 0 Å². The Morgan fingerprint density at radius 2 is 2.05 bits per heavy atom. The number of aliphatic hydroxyl groups is 1. The fraction of sp³-hybridized carbons (Fsp3) is 0.714. The first kappa shape index (κ1) is 15.7. The van der Waals surface area contributed by atoms with Crippen molar-refractivity contribution in [2.75, 3.05) is 11.9 Å². The van der Waals surface area contributed by atoms with Gasteiger partial charge in [0.2, 0.25) is 0 Å². The van der Waals surface area contributed by atoms with Gasteiger partial charge in [-0.3, -0.25) is 4.79 Å². The van der Waals surface area contributed by atoms with Crippen LogP contribution in [-0.2, 0) is 5.54 Å². The van der Waals surface area contributed by atoms with Crippen molar-refractivity contribution in [3.05, 3.63) is 22.7 Å². The maximum Gasteiger partial charge on any atom is 0.293 e. The molecule has 0 amide bonds. The minimum Gasteiger partial charge on any atom is -0.396 e. The molecule has 1 heterocycles. The van der Waals surface area contributed by atoms with Crippen LogP contribution < -0.4 is 10.9 Å². The van der Waals surface area contributed by atoms with E-state index in [1.54, 1.807) is 17.0 Å². The molecule has 0 saturated carbocycles. The van der Waals surface area contributed by atoms with Crippen LogP contribution in [0.2, 0.25) is 0 Å². The monoisotopic (exact) mass is 267 g/mol. The summed E-state index contributed by atoms with van der Waals surface area (Å²) in [5, 5.41) is 12.2. The van der Waals surface area contributed by atoms with Gasteiger partial charge in [0.15, 0.2) is 5.82 Å². The number of hydrogen-bond donors (Lipinski definition) is 2. The van der Waals surface area contributed by atoms with Crippen LogP contribution in [0.4, 0.5) is 5.82 Å². The molecule has 5 heteroatoms. The van der Waals surface area contributed by atoms with Crippen LogP contribution in [-0.4, -0.2) is 27.3 Å². The molecule has 19 heavy (non-hydrogen) atoms. The largest absolute Gasteiger partial charge is 0.396 e. The molecule has 0 aliphatic carbocycles. The van der Waals surface area contributed by atoms with Gasteiger partial charge < -0.3 is 15.0 Å². The molecule has 1 atom stereocenters. The van der Waals surface area contributed by atoms with Crippen molar-refractivity contribution in [3.63, 3.8) is 0 Å². The molecule has 108 valence electrons. The van der Waals surface area contributed by atoms with Crippen molar-refractivity contribution >= 4 is 5.82 Å². The molecule has 0 radical (unpaired) electrons. The Bertz CT molecular complexity index is 460. The van der Waals surface area contributed by atoms with Crippen LogP contribution in [0.15, 0.2) is 17.2 Å². The Labute approximate surface area is 114 Å². The third-order valence-corrected chi connectivity index (χ3v) is 3.13.